The van der Waals surface area contributed by atoms with Gasteiger partial charge in [-0.25, -0.2) is 0 Å². The molecule has 4 atom stereocenters. The molecule has 0 aliphatic carbocycles. The van der Waals surface area contributed by atoms with Crippen molar-refractivity contribution in [1.29, 1.82) is 0 Å². The minimum Gasteiger partial charge on any atom is -0.387 e. The van der Waals surface area contributed by atoms with Crippen LogP contribution in [0.4, 0.5) is 0 Å². The number of hydrogen-bond acceptors (Lipinski definition) is 4. The van der Waals surface area contributed by atoms with Gasteiger partial charge in [0.2, 0.25) is 0 Å². The average Bonchev–Trinajstić information content (AvgIpc) is 2.14. The molecule has 0 aromatic heterocycles. The number of hydrogen-bond donors (Lipinski definition) is 3. The summed E-state index contributed by atoms with van der Waals surface area (Å²) in [5.41, 5.74) is -1.53. The fraction of sp³-hybridized carbons (Fsp3) is 1.00. The lowest BCUT2D eigenvalue weighted by Gasteiger charge is -2.22. The van der Waals surface area contributed by atoms with Crippen LogP contribution in [0.3, 0.4) is 0 Å². The summed E-state index contributed by atoms with van der Waals surface area (Å²) in [5, 5.41) is 27.9. The molecule has 1 aliphatic rings. The van der Waals surface area contributed by atoms with Crippen LogP contribution in [0.1, 0.15) is 20.3 Å². The van der Waals surface area contributed by atoms with E-state index in [1.165, 1.54) is 6.92 Å². The van der Waals surface area contributed by atoms with Crippen molar-refractivity contribution in [2.75, 3.05) is 0 Å². The molecule has 0 aromatic carbocycles. The van der Waals surface area contributed by atoms with E-state index in [0.717, 1.165) is 0 Å². The van der Waals surface area contributed by atoms with Crippen LogP contribution in [0, 0.1) is 0 Å². The third-order valence-corrected chi connectivity index (χ3v) is 2.16. The molecule has 4 heteroatoms. The first-order chi connectivity index (χ1) is 5.00. The lowest BCUT2D eigenvalue weighted by molar-refractivity contribution is -0.167. The van der Waals surface area contributed by atoms with Crippen LogP contribution >= 0.6 is 0 Å². The van der Waals surface area contributed by atoms with E-state index in [-0.39, 0.29) is 0 Å². The summed E-state index contributed by atoms with van der Waals surface area (Å²) < 4.78 is 4.89. The van der Waals surface area contributed by atoms with Gasteiger partial charge in [-0.15, -0.1) is 0 Å². The van der Waals surface area contributed by atoms with E-state index in [2.05, 4.69) is 0 Å². The van der Waals surface area contributed by atoms with Crippen molar-refractivity contribution in [2.24, 2.45) is 0 Å². The minimum absolute atomic E-state index is 0.458. The van der Waals surface area contributed by atoms with Crippen LogP contribution in [0.5, 0.6) is 0 Å². The Kier molecular flexibility index (Phi) is 2.20. The molecule has 0 saturated carbocycles. The van der Waals surface area contributed by atoms with Crippen LogP contribution in [0.25, 0.3) is 0 Å². The second-order valence-corrected chi connectivity index (χ2v) is 3.11. The third-order valence-electron chi connectivity index (χ3n) is 2.16. The molecule has 0 radical (unpaired) electrons. The van der Waals surface area contributed by atoms with Gasteiger partial charge in [-0.05, 0) is 13.3 Å². The zero-order valence-corrected chi connectivity index (χ0v) is 6.69. The van der Waals surface area contributed by atoms with Gasteiger partial charge in [-0.2, -0.15) is 0 Å². The van der Waals surface area contributed by atoms with Gasteiger partial charge >= 0.3 is 0 Å². The van der Waals surface area contributed by atoms with Gasteiger partial charge in [0, 0.05) is 0 Å². The van der Waals surface area contributed by atoms with Crippen molar-refractivity contribution >= 4 is 0 Å². The van der Waals surface area contributed by atoms with Gasteiger partial charge in [-0.1, -0.05) is 6.92 Å². The maximum atomic E-state index is 9.41. The summed E-state index contributed by atoms with van der Waals surface area (Å²) in [7, 11) is 0. The third kappa shape index (κ3) is 1.27. The van der Waals surface area contributed by atoms with Crippen LogP contribution < -0.4 is 0 Å². The minimum atomic E-state index is -1.53. The van der Waals surface area contributed by atoms with E-state index in [1.807, 2.05) is 6.92 Å². The van der Waals surface area contributed by atoms with Crippen LogP contribution in [-0.2, 0) is 4.74 Å². The molecule has 0 amide bonds. The Morgan fingerprint density at radius 2 is 2.00 bits per heavy atom. The van der Waals surface area contributed by atoms with E-state index < -0.39 is 24.1 Å². The highest BCUT2D eigenvalue weighted by Gasteiger charge is 2.50. The summed E-state index contributed by atoms with van der Waals surface area (Å²) in [5.74, 6) is 0. The lowest BCUT2D eigenvalue weighted by atomic mass is 9.97. The highest BCUT2D eigenvalue weighted by atomic mass is 16.6. The molecule has 3 N–H and O–H groups in total. The molecule has 0 aromatic rings. The molecular formula is C7H14O4. The molecule has 0 spiro atoms. The van der Waals surface area contributed by atoms with Gasteiger partial charge < -0.3 is 20.1 Å². The van der Waals surface area contributed by atoms with Gasteiger partial charge in [0.05, 0.1) is 6.10 Å². The molecule has 4 nitrogen and oxygen atoms in total. The van der Waals surface area contributed by atoms with Crippen molar-refractivity contribution in [3.8, 4) is 0 Å². The van der Waals surface area contributed by atoms with Gasteiger partial charge in [-0.3, -0.25) is 0 Å². The van der Waals surface area contributed by atoms with Gasteiger partial charge in [0.1, 0.15) is 11.7 Å². The first-order valence-electron chi connectivity index (χ1n) is 3.74. The van der Waals surface area contributed by atoms with E-state index in [0.29, 0.717) is 6.42 Å². The first kappa shape index (κ1) is 8.93. The maximum absolute atomic E-state index is 9.41. The molecule has 1 rings (SSSR count). The van der Waals surface area contributed by atoms with Crippen molar-refractivity contribution in [1.82, 2.24) is 0 Å². The first-order valence-corrected chi connectivity index (χ1v) is 3.74. The molecule has 1 unspecified atom stereocenters. The topological polar surface area (TPSA) is 69.9 Å². The molecular weight excluding hydrogens is 148 g/mol. The number of aliphatic hydroxyl groups excluding tert-OH is 2. The molecule has 1 heterocycles. The van der Waals surface area contributed by atoms with Crippen molar-refractivity contribution < 1.29 is 20.1 Å². The maximum Gasteiger partial charge on any atom is 0.186 e. The normalized spacial score (nSPS) is 51.5. The quantitative estimate of drug-likeness (QED) is 0.473. The Labute approximate surface area is 65.4 Å². The predicted octanol–water partition coefficient (Wildman–Crippen LogP) is -0.775. The molecule has 0 bridgehead atoms. The molecule has 11 heavy (non-hydrogen) atoms. The Morgan fingerprint density at radius 3 is 2.18 bits per heavy atom. The molecule has 66 valence electrons. The van der Waals surface area contributed by atoms with Gasteiger partial charge in [0.25, 0.3) is 0 Å². The van der Waals surface area contributed by atoms with Crippen LogP contribution in [-0.4, -0.2) is 39.4 Å². The van der Waals surface area contributed by atoms with E-state index in [4.69, 9.17) is 9.84 Å². The second kappa shape index (κ2) is 2.71. The van der Waals surface area contributed by atoms with Crippen LogP contribution in [0.2, 0.25) is 0 Å². The summed E-state index contributed by atoms with van der Waals surface area (Å²) in [6.45, 7) is 3.18. The van der Waals surface area contributed by atoms with Gasteiger partial charge in [0.15, 0.2) is 6.29 Å². The molecule has 1 fully saturated rings. The highest BCUT2D eigenvalue weighted by Crippen LogP contribution is 2.30. The summed E-state index contributed by atoms with van der Waals surface area (Å²) in [6, 6.07) is 0. The standard InChI is InChI=1S/C7H14O4/c1-3-4-5(8)7(2,10)6(9)11-4/h4-6,8-10H,3H2,1-2H3/t4-,5-,6?,7-/m1/s1. The Bertz CT molecular complexity index is 145. The summed E-state index contributed by atoms with van der Waals surface area (Å²) in [4.78, 5) is 0. The lowest BCUT2D eigenvalue weighted by Crippen LogP contribution is -2.45. The van der Waals surface area contributed by atoms with Crippen molar-refractivity contribution in [3.05, 3.63) is 0 Å². The van der Waals surface area contributed by atoms with E-state index >= 15 is 0 Å². The highest BCUT2D eigenvalue weighted by molar-refractivity contribution is 4.95. The number of ether oxygens (including phenoxy) is 1. The second-order valence-electron chi connectivity index (χ2n) is 3.11. The Morgan fingerprint density at radius 1 is 1.45 bits per heavy atom. The molecule has 1 saturated heterocycles. The van der Waals surface area contributed by atoms with Crippen molar-refractivity contribution in [2.45, 2.75) is 44.4 Å². The van der Waals surface area contributed by atoms with Crippen LogP contribution in [0.15, 0.2) is 0 Å². The predicted molar refractivity (Wildman–Crippen MR) is 37.8 cm³/mol. The largest absolute Gasteiger partial charge is 0.387 e. The average molecular weight is 162 g/mol. The molecule has 1 aliphatic heterocycles. The van der Waals surface area contributed by atoms with E-state index in [1.54, 1.807) is 0 Å². The zero-order chi connectivity index (χ0) is 8.65. The zero-order valence-electron chi connectivity index (χ0n) is 6.69. The fourth-order valence-corrected chi connectivity index (χ4v) is 1.22. The Hall–Kier alpha value is -0.160. The number of rotatable bonds is 1. The fourth-order valence-electron chi connectivity index (χ4n) is 1.22. The van der Waals surface area contributed by atoms with E-state index in [9.17, 15) is 10.2 Å². The SMILES string of the molecule is CC[C@H]1OC(O)[C@](C)(O)[C@@H]1O. The summed E-state index contributed by atoms with van der Waals surface area (Å²) in [6.07, 6.45) is -2.15. The number of aliphatic hydroxyl groups is 3. The summed E-state index contributed by atoms with van der Waals surface area (Å²) >= 11 is 0. The Balaban J connectivity index is 2.71. The smallest absolute Gasteiger partial charge is 0.186 e. The monoisotopic (exact) mass is 162 g/mol. The van der Waals surface area contributed by atoms with Crippen molar-refractivity contribution in [3.63, 3.8) is 0 Å².